The standard InChI is InChI=1S/C40H22N6/c1-25-14-26(21-41)17-30(15-25)35-4-2-6-37-38-7-3-5-36(31-18-27(22-42)16-28(19-31)23-43)40(38)46(39(35)37)33-8-9-34(32(20-33)24-44)29-10-12-45-13-11-29/h2-20H,1H3. The number of pyridine rings is 1. The fourth-order valence-corrected chi connectivity index (χ4v) is 6.30. The van der Waals surface area contributed by atoms with Crippen LogP contribution in [0.2, 0.25) is 0 Å². The van der Waals surface area contributed by atoms with Crippen LogP contribution in [0.25, 0.3) is 60.9 Å². The lowest BCUT2D eigenvalue weighted by Gasteiger charge is -2.16. The van der Waals surface area contributed by atoms with E-state index < -0.39 is 0 Å². The second-order valence-corrected chi connectivity index (χ2v) is 11.0. The SMILES string of the molecule is Cc1cc(C#N)cc(-c2cccc3c4cccc(-c5cc(C#N)cc(C#N)c5)c4n(-c4ccc(-c5ccncc5)c(C#N)c4)c23)c1. The van der Waals surface area contributed by atoms with Crippen molar-refractivity contribution in [3.63, 3.8) is 0 Å². The molecule has 7 rings (SSSR count). The van der Waals surface area contributed by atoms with Crippen LogP contribution in [0.5, 0.6) is 0 Å². The largest absolute Gasteiger partial charge is 0.308 e. The van der Waals surface area contributed by atoms with Gasteiger partial charge in [-0.1, -0.05) is 48.5 Å². The molecule has 0 aliphatic carbocycles. The lowest BCUT2D eigenvalue weighted by Crippen LogP contribution is -1.99. The summed E-state index contributed by atoms with van der Waals surface area (Å²) in [5.74, 6) is 0. The first kappa shape index (κ1) is 27.8. The number of aryl methyl sites for hydroxylation is 1. The number of nitriles is 4. The van der Waals surface area contributed by atoms with E-state index in [0.717, 1.165) is 66.4 Å². The van der Waals surface area contributed by atoms with Crippen LogP contribution in [-0.2, 0) is 0 Å². The van der Waals surface area contributed by atoms with Crippen molar-refractivity contribution in [2.24, 2.45) is 0 Å². The monoisotopic (exact) mass is 586 g/mol. The Hall–Kier alpha value is -6.99. The first-order valence-corrected chi connectivity index (χ1v) is 14.5. The summed E-state index contributed by atoms with van der Waals surface area (Å²) in [7, 11) is 0. The second kappa shape index (κ2) is 11.3. The normalized spacial score (nSPS) is 10.6. The minimum Gasteiger partial charge on any atom is -0.308 e. The van der Waals surface area contributed by atoms with Gasteiger partial charge in [-0.15, -0.1) is 0 Å². The average molecular weight is 587 g/mol. The molecule has 0 spiro atoms. The maximum Gasteiger partial charge on any atom is 0.0998 e. The van der Waals surface area contributed by atoms with Crippen molar-refractivity contribution >= 4 is 21.8 Å². The molecule has 0 amide bonds. The van der Waals surface area contributed by atoms with Gasteiger partial charge in [0.25, 0.3) is 0 Å². The van der Waals surface area contributed by atoms with Crippen LogP contribution in [0.4, 0.5) is 0 Å². The van der Waals surface area contributed by atoms with Crippen molar-refractivity contribution in [3.8, 4) is 63.3 Å². The Morgan fingerprint density at radius 3 is 1.65 bits per heavy atom. The Morgan fingerprint density at radius 2 is 1.09 bits per heavy atom. The van der Waals surface area contributed by atoms with E-state index >= 15 is 0 Å². The highest BCUT2D eigenvalue weighted by atomic mass is 15.0. The van der Waals surface area contributed by atoms with Gasteiger partial charge in [-0.2, -0.15) is 21.0 Å². The summed E-state index contributed by atoms with van der Waals surface area (Å²) < 4.78 is 2.16. The van der Waals surface area contributed by atoms with Gasteiger partial charge < -0.3 is 4.57 Å². The van der Waals surface area contributed by atoms with E-state index in [0.29, 0.717) is 22.3 Å². The van der Waals surface area contributed by atoms with Crippen molar-refractivity contribution < 1.29 is 0 Å². The molecule has 46 heavy (non-hydrogen) atoms. The number of benzene rings is 5. The molecule has 5 aromatic carbocycles. The third-order valence-electron chi connectivity index (χ3n) is 8.20. The second-order valence-electron chi connectivity index (χ2n) is 11.0. The van der Waals surface area contributed by atoms with Crippen LogP contribution >= 0.6 is 0 Å². The summed E-state index contributed by atoms with van der Waals surface area (Å²) in [6, 6.07) is 41.9. The van der Waals surface area contributed by atoms with E-state index in [4.69, 9.17) is 0 Å². The van der Waals surface area contributed by atoms with Gasteiger partial charge >= 0.3 is 0 Å². The summed E-state index contributed by atoms with van der Waals surface area (Å²) in [4.78, 5) is 4.13. The molecule has 0 fully saturated rings. The Labute approximate surface area is 265 Å². The lowest BCUT2D eigenvalue weighted by molar-refractivity contribution is 1.18. The zero-order chi connectivity index (χ0) is 31.8. The fourth-order valence-electron chi connectivity index (χ4n) is 6.30. The van der Waals surface area contributed by atoms with Gasteiger partial charge in [0.1, 0.15) is 0 Å². The molecule has 0 atom stereocenters. The van der Waals surface area contributed by atoms with Gasteiger partial charge in [-0.25, -0.2) is 0 Å². The topological polar surface area (TPSA) is 113 Å². The number of para-hydroxylation sites is 2. The molecular formula is C40H22N6. The van der Waals surface area contributed by atoms with E-state index in [1.165, 1.54) is 0 Å². The van der Waals surface area contributed by atoms with Gasteiger partial charge in [0, 0.05) is 40.0 Å². The van der Waals surface area contributed by atoms with Gasteiger partial charge in [0.2, 0.25) is 0 Å². The summed E-state index contributed by atoms with van der Waals surface area (Å²) in [6.45, 7) is 1.98. The van der Waals surface area contributed by atoms with Gasteiger partial charge in [0.15, 0.2) is 0 Å². The summed E-state index contributed by atoms with van der Waals surface area (Å²) >= 11 is 0. The van der Waals surface area contributed by atoms with Crippen molar-refractivity contribution in [1.82, 2.24) is 9.55 Å². The van der Waals surface area contributed by atoms with E-state index in [1.807, 2.05) is 73.7 Å². The van der Waals surface area contributed by atoms with Crippen LogP contribution < -0.4 is 0 Å². The number of rotatable bonds is 4. The van der Waals surface area contributed by atoms with Crippen LogP contribution in [-0.4, -0.2) is 9.55 Å². The lowest BCUT2D eigenvalue weighted by atomic mass is 9.97. The van der Waals surface area contributed by atoms with Gasteiger partial charge in [0.05, 0.1) is 57.6 Å². The van der Waals surface area contributed by atoms with Crippen molar-refractivity contribution in [2.45, 2.75) is 6.92 Å². The molecule has 7 aromatic rings. The van der Waals surface area contributed by atoms with Crippen LogP contribution in [0.15, 0.2) is 116 Å². The zero-order valence-electron chi connectivity index (χ0n) is 24.7. The maximum absolute atomic E-state index is 10.3. The highest BCUT2D eigenvalue weighted by Crippen LogP contribution is 2.43. The number of aromatic nitrogens is 2. The molecular weight excluding hydrogens is 564 g/mol. The minimum atomic E-state index is 0.395. The fraction of sp³-hybridized carbons (Fsp3) is 0.0250. The molecule has 2 aromatic heterocycles. The van der Waals surface area contributed by atoms with Crippen LogP contribution in [0.3, 0.4) is 0 Å². The number of fused-ring (bicyclic) bond motifs is 3. The molecule has 6 heteroatoms. The van der Waals surface area contributed by atoms with Crippen molar-refractivity contribution in [3.05, 3.63) is 143 Å². The molecule has 0 aliphatic heterocycles. The predicted molar refractivity (Wildman–Crippen MR) is 178 cm³/mol. The number of hydrogen-bond acceptors (Lipinski definition) is 5. The van der Waals surface area contributed by atoms with E-state index in [1.54, 1.807) is 30.6 Å². The molecule has 0 saturated heterocycles. The Bertz CT molecular complexity index is 2500. The maximum atomic E-state index is 10.3. The molecule has 0 radical (unpaired) electrons. The number of nitrogens with zero attached hydrogens (tertiary/aromatic N) is 6. The van der Waals surface area contributed by atoms with Crippen molar-refractivity contribution in [1.29, 1.82) is 21.0 Å². The summed E-state index contributed by atoms with van der Waals surface area (Å²) in [5, 5.41) is 41.6. The summed E-state index contributed by atoms with van der Waals surface area (Å²) in [5.41, 5.74) is 10.5. The van der Waals surface area contributed by atoms with Gasteiger partial charge in [-0.05, 0) is 89.3 Å². The average Bonchev–Trinajstić information content (AvgIpc) is 3.46. The molecule has 0 saturated carbocycles. The Morgan fingerprint density at radius 1 is 0.522 bits per heavy atom. The molecule has 2 heterocycles. The first-order valence-electron chi connectivity index (χ1n) is 14.5. The third-order valence-corrected chi connectivity index (χ3v) is 8.20. The molecule has 0 N–H and O–H groups in total. The first-order chi connectivity index (χ1) is 22.5. The summed E-state index contributed by atoms with van der Waals surface area (Å²) in [6.07, 6.45) is 3.41. The quantitative estimate of drug-likeness (QED) is 0.204. The predicted octanol–water partition coefficient (Wildman–Crippen LogP) is 8.97. The van der Waals surface area contributed by atoms with Crippen LogP contribution in [0, 0.1) is 52.2 Å². The molecule has 0 bridgehead atoms. The van der Waals surface area contributed by atoms with Crippen LogP contribution in [0.1, 0.15) is 27.8 Å². The third kappa shape index (κ3) is 4.61. The smallest absolute Gasteiger partial charge is 0.0998 e. The van der Waals surface area contributed by atoms with E-state index in [9.17, 15) is 21.0 Å². The highest BCUT2D eigenvalue weighted by Gasteiger charge is 2.21. The zero-order valence-corrected chi connectivity index (χ0v) is 24.7. The van der Waals surface area contributed by atoms with Crippen molar-refractivity contribution in [2.75, 3.05) is 0 Å². The Kier molecular flexibility index (Phi) is 6.81. The molecule has 0 aliphatic rings. The highest BCUT2D eigenvalue weighted by molar-refractivity contribution is 6.17. The molecule has 212 valence electrons. The number of hydrogen-bond donors (Lipinski definition) is 0. The minimum absolute atomic E-state index is 0.395. The molecule has 6 nitrogen and oxygen atoms in total. The Balaban J connectivity index is 1.64. The van der Waals surface area contributed by atoms with E-state index in [2.05, 4.69) is 52.0 Å². The molecule has 0 unspecified atom stereocenters. The van der Waals surface area contributed by atoms with Gasteiger partial charge in [-0.3, -0.25) is 4.98 Å². The van der Waals surface area contributed by atoms with E-state index in [-0.39, 0.29) is 0 Å².